The minimum atomic E-state index is -0.0118. The van der Waals surface area contributed by atoms with Crippen molar-refractivity contribution in [2.75, 3.05) is 18.4 Å². The molecular formula is C15H21ClN2O. The number of aryl methyl sites for hydroxylation is 1. The van der Waals surface area contributed by atoms with Gasteiger partial charge in [-0.3, -0.25) is 0 Å². The van der Waals surface area contributed by atoms with Crippen LogP contribution in [0.4, 0.5) is 10.5 Å². The number of halogens is 1. The van der Waals surface area contributed by atoms with Gasteiger partial charge in [0.05, 0.1) is 0 Å². The van der Waals surface area contributed by atoms with Gasteiger partial charge in [0.15, 0.2) is 0 Å². The molecule has 0 bridgehead atoms. The van der Waals surface area contributed by atoms with Crippen molar-refractivity contribution >= 4 is 23.3 Å². The Hall–Kier alpha value is -1.22. The first-order valence-corrected chi connectivity index (χ1v) is 7.43. The summed E-state index contributed by atoms with van der Waals surface area (Å²) in [5.74, 6) is 0. The third-order valence-corrected chi connectivity index (χ3v) is 3.93. The average Bonchev–Trinajstić information content (AvgIpc) is 2.68. The molecule has 1 heterocycles. The summed E-state index contributed by atoms with van der Waals surface area (Å²) in [6.45, 7) is 3.77. The van der Waals surface area contributed by atoms with Crippen LogP contribution in [-0.4, -0.2) is 24.0 Å². The van der Waals surface area contributed by atoms with E-state index >= 15 is 0 Å². The summed E-state index contributed by atoms with van der Waals surface area (Å²) in [4.78, 5) is 14.1. The molecule has 2 rings (SSSR count). The summed E-state index contributed by atoms with van der Waals surface area (Å²) in [5, 5.41) is 3.65. The first-order chi connectivity index (χ1) is 9.20. The summed E-state index contributed by atoms with van der Waals surface area (Å²) in [6, 6.07) is 5.71. The molecule has 0 radical (unpaired) electrons. The van der Waals surface area contributed by atoms with Crippen molar-refractivity contribution in [2.24, 2.45) is 0 Å². The molecule has 0 atom stereocenters. The van der Waals surface area contributed by atoms with Gasteiger partial charge in [-0.05, 0) is 37.0 Å². The van der Waals surface area contributed by atoms with Crippen molar-refractivity contribution in [1.29, 1.82) is 0 Å². The lowest BCUT2D eigenvalue weighted by atomic mass is 10.1. The van der Waals surface area contributed by atoms with Crippen molar-refractivity contribution in [1.82, 2.24) is 4.90 Å². The zero-order chi connectivity index (χ0) is 13.7. The van der Waals surface area contributed by atoms with Gasteiger partial charge in [0.25, 0.3) is 0 Å². The number of urea groups is 1. The van der Waals surface area contributed by atoms with Crippen LogP contribution in [-0.2, 0) is 6.42 Å². The molecule has 1 fully saturated rings. The van der Waals surface area contributed by atoms with E-state index in [2.05, 4.69) is 12.2 Å². The molecule has 4 heteroatoms. The first-order valence-electron chi connectivity index (χ1n) is 7.05. The normalized spacial score (nSPS) is 16.0. The van der Waals surface area contributed by atoms with E-state index in [9.17, 15) is 4.79 Å². The lowest BCUT2D eigenvalue weighted by Gasteiger charge is -2.21. The molecule has 1 saturated heterocycles. The van der Waals surface area contributed by atoms with Crippen molar-refractivity contribution in [3.8, 4) is 0 Å². The molecule has 1 aromatic carbocycles. The number of rotatable bonds is 2. The Labute approximate surface area is 119 Å². The molecule has 2 amide bonds. The van der Waals surface area contributed by atoms with Gasteiger partial charge in [0, 0.05) is 23.8 Å². The first kappa shape index (κ1) is 14.2. The number of carbonyl (C=O) groups excluding carboxylic acids is 1. The number of amides is 2. The van der Waals surface area contributed by atoms with Gasteiger partial charge >= 0.3 is 6.03 Å². The van der Waals surface area contributed by atoms with Crippen molar-refractivity contribution in [2.45, 2.75) is 39.0 Å². The predicted octanol–water partition coefficient (Wildman–Crippen LogP) is 4.31. The fourth-order valence-corrected chi connectivity index (χ4v) is 2.70. The molecule has 0 spiro atoms. The number of nitrogens with zero attached hydrogens (tertiary/aromatic N) is 1. The molecule has 3 nitrogen and oxygen atoms in total. The van der Waals surface area contributed by atoms with Crippen LogP contribution in [0.15, 0.2) is 18.2 Å². The van der Waals surface area contributed by atoms with E-state index in [1.165, 1.54) is 12.8 Å². The van der Waals surface area contributed by atoms with Crippen LogP contribution in [0.2, 0.25) is 5.02 Å². The second kappa shape index (κ2) is 6.80. The highest BCUT2D eigenvalue weighted by molar-refractivity contribution is 6.31. The second-order valence-corrected chi connectivity index (χ2v) is 5.40. The highest BCUT2D eigenvalue weighted by atomic mass is 35.5. The molecule has 0 aliphatic carbocycles. The van der Waals surface area contributed by atoms with E-state index < -0.39 is 0 Å². The van der Waals surface area contributed by atoms with Crippen LogP contribution in [0.1, 0.15) is 38.2 Å². The standard InChI is InChI=1S/C15H21ClN2O/c1-2-12-7-8-13(11-14(12)16)17-15(19)18-9-5-3-4-6-10-18/h7-8,11H,2-6,9-10H2,1H3,(H,17,19). The Morgan fingerprint density at radius 1 is 1.26 bits per heavy atom. The van der Waals surface area contributed by atoms with Gasteiger partial charge in [-0.2, -0.15) is 0 Å². The topological polar surface area (TPSA) is 32.3 Å². The lowest BCUT2D eigenvalue weighted by Crippen LogP contribution is -2.35. The van der Waals surface area contributed by atoms with E-state index in [4.69, 9.17) is 11.6 Å². The minimum absolute atomic E-state index is 0.0118. The smallest absolute Gasteiger partial charge is 0.321 e. The van der Waals surface area contributed by atoms with Crippen molar-refractivity contribution in [3.63, 3.8) is 0 Å². The van der Waals surface area contributed by atoms with Crippen LogP contribution in [0, 0.1) is 0 Å². The SMILES string of the molecule is CCc1ccc(NC(=O)N2CCCCCC2)cc1Cl. The average molecular weight is 281 g/mol. The number of nitrogens with one attached hydrogen (secondary N) is 1. The number of carbonyl (C=O) groups is 1. The largest absolute Gasteiger partial charge is 0.325 e. The maximum atomic E-state index is 12.2. The molecule has 1 N–H and O–H groups in total. The Morgan fingerprint density at radius 2 is 1.95 bits per heavy atom. The van der Waals surface area contributed by atoms with Gasteiger partial charge < -0.3 is 10.2 Å². The minimum Gasteiger partial charge on any atom is -0.325 e. The quantitative estimate of drug-likeness (QED) is 0.860. The lowest BCUT2D eigenvalue weighted by molar-refractivity contribution is 0.214. The fourth-order valence-electron chi connectivity index (χ4n) is 2.39. The number of benzene rings is 1. The molecule has 0 unspecified atom stereocenters. The van der Waals surface area contributed by atoms with E-state index in [0.29, 0.717) is 0 Å². The van der Waals surface area contributed by atoms with Gasteiger partial charge in [-0.25, -0.2) is 4.79 Å². The number of hydrogen-bond donors (Lipinski definition) is 1. The monoisotopic (exact) mass is 280 g/mol. The summed E-state index contributed by atoms with van der Waals surface area (Å²) < 4.78 is 0. The Balaban J connectivity index is 1.99. The highest BCUT2D eigenvalue weighted by Gasteiger charge is 2.15. The van der Waals surface area contributed by atoms with Crippen LogP contribution >= 0.6 is 11.6 Å². The predicted molar refractivity (Wildman–Crippen MR) is 79.9 cm³/mol. The molecule has 1 aliphatic rings. The Kier molecular flexibility index (Phi) is 5.08. The van der Waals surface area contributed by atoms with E-state index in [0.717, 1.165) is 48.6 Å². The zero-order valence-corrected chi connectivity index (χ0v) is 12.2. The van der Waals surface area contributed by atoms with E-state index in [1.807, 2.05) is 23.1 Å². The molecule has 19 heavy (non-hydrogen) atoms. The molecule has 1 aromatic rings. The number of hydrogen-bond acceptors (Lipinski definition) is 1. The second-order valence-electron chi connectivity index (χ2n) is 4.99. The summed E-state index contributed by atoms with van der Waals surface area (Å²) in [5.41, 5.74) is 1.88. The number of likely N-dealkylation sites (tertiary alicyclic amines) is 1. The summed E-state index contributed by atoms with van der Waals surface area (Å²) in [7, 11) is 0. The highest BCUT2D eigenvalue weighted by Crippen LogP contribution is 2.22. The van der Waals surface area contributed by atoms with Gasteiger partial charge in [-0.1, -0.05) is 37.4 Å². The third-order valence-electron chi connectivity index (χ3n) is 3.58. The molecule has 1 aliphatic heterocycles. The molecular weight excluding hydrogens is 260 g/mol. The van der Waals surface area contributed by atoms with Crippen molar-refractivity contribution < 1.29 is 4.79 Å². The van der Waals surface area contributed by atoms with E-state index in [1.54, 1.807) is 0 Å². The van der Waals surface area contributed by atoms with Gasteiger partial charge in [-0.15, -0.1) is 0 Å². The summed E-state index contributed by atoms with van der Waals surface area (Å²) in [6.07, 6.45) is 5.55. The molecule has 0 saturated carbocycles. The van der Waals surface area contributed by atoms with E-state index in [-0.39, 0.29) is 6.03 Å². The van der Waals surface area contributed by atoms with Crippen molar-refractivity contribution in [3.05, 3.63) is 28.8 Å². The molecule has 0 aromatic heterocycles. The summed E-state index contributed by atoms with van der Waals surface area (Å²) >= 11 is 6.16. The fraction of sp³-hybridized carbons (Fsp3) is 0.533. The van der Waals surface area contributed by atoms with Crippen LogP contribution in [0.5, 0.6) is 0 Å². The van der Waals surface area contributed by atoms with Gasteiger partial charge in [0.1, 0.15) is 0 Å². The van der Waals surface area contributed by atoms with Crippen LogP contribution < -0.4 is 5.32 Å². The maximum absolute atomic E-state index is 12.2. The molecule has 104 valence electrons. The van der Waals surface area contributed by atoms with Crippen LogP contribution in [0.3, 0.4) is 0 Å². The Bertz CT molecular complexity index is 440. The van der Waals surface area contributed by atoms with Crippen LogP contribution in [0.25, 0.3) is 0 Å². The van der Waals surface area contributed by atoms with Gasteiger partial charge in [0.2, 0.25) is 0 Å². The third kappa shape index (κ3) is 3.87. The maximum Gasteiger partial charge on any atom is 0.321 e. The zero-order valence-electron chi connectivity index (χ0n) is 11.4. The Morgan fingerprint density at radius 3 is 2.53 bits per heavy atom. The number of anilines is 1.